The Bertz CT molecular complexity index is 1090. The van der Waals surface area contributed by atoms with Crippen LogP contribution in [0.15, 0.2) is 49.0 Å². The first-order valence-corrected chi connectivity index (χ1v) is 12.5. The Balaban J connectivity index is 2.47. The van der Waals surface area contributed by atoms with Gasteiger partial charge in [-0.2, -0.15) is 12.6 Å². The highest BCUT2D eigenvalue weighted by Crippen LogP contribution is 2.27. The minimum atomic E-state index is -0.985. The van der Waals surface area contributed by atoms with Crippen LogP contribution in [0.4, 0.5) is 10.5 Å². The summed E-state index contributed by atoms with van der Waals surface area (Å²) in [5, 5.41) is 5.62. The van der Waals surface area contributed by atoms with Crippen LogP contribution in [0.1, 0.15) is 56.0 Å². The van der Waals surface area contributed by atoms with Crippen LogP contribution in [0.3, 0.4) is 0 Å². The molecule has 2 aromatic carbocycles. The lowest BCUT2D eigenvalue weighted by Crippen LogP contribution is -2.53. The van der Waals surface area contributed by atoms with Gasteiger partial charge in [-0.3, -0.25) is 9.59 Å². The largest absolute Gasteiger partial charge is 0.444 e. The lowest BCUT2D eigenvalue weighted by Gasteiger charge is -2.33. The van der Waals surface area contributed by atoms with Crippen LogP contribution in [0.25, 0.3) is 6.08 Å². The van der Waals surface area contributed by atoms with Gasteiger partial charge in [-0.25, -0.2) is 4.79 Å². The topological polar surface area (TPSA) is 87.7 Å². The maximum absolute atomic E-state index is 13.8. The lowest BCUT2D eigenvalue weighted by molar-refractivity contribution is -0.140. The van der Waals surface area contributed by atoms with E-state index >= 15 is 0 Å². The summed E-state index contributed by atoms with van der Waals surface area (Å²) in [6, 6.07) is 11.1. The van der Waals surface area contributed by atoms with Crippen molar-refractivity contribution in [2.24, 2.45) is 0 Å². The Kier molecular flexibility index (Phi) is 10.2. The number of benzene rings is 2. The maximum Gasteiger partial charge on any atom is 0.408 e. The van der Waals surface area contributed by atoms with E-state index < -0.39 is 29.7 Å². The second-order valence-electron chi connectivity index (χ2n) is 9.54. The van der Waals surface area contributed by atoms with Crippen molar-refractivity contribution < 1.29 is 19.1 Å². The van der Waals surface area contributed by atoms with Crippen molar-refractivity contribution in [3.8, 4) is 0 Å². The van der Waals surface area contributed by atoms with E-state index in [-0.39, 0.29) is 18.2 Å². The van der Waals surface area contributed by atoms with E-state index in [4.69, 9.17) is 4.74 Å². The number of anilines is 1. The summed E-state index contributed by atoms with van der Waals surface area (Å²) in [7, 11) is 0. The van der Waals surface area contributed by atoms with Gasteiger partial charge >= 0.3 is 6.09 Å². The minimum absolute atomic E-state index is 0.0342. The van der Waals surface area contributed by atoms with Gasteiger partial charge < -0.3 is 20.3 Å². The number of carbonyl (C=O) groups is 3. The molecule has 3 amide bonds. The lowest BCUT2D eigenvalue weighted by atomic mass is 10.00. The molecule has 2 atom stereocenters. The first kappa shape index (κ1) is 29.0. The molecule has 0 aliphatic carbocycles. The third-order valence-corrected chi connectivity index (χ3v) is 5.91. The number of thiol groups is 1. The number of amides is 3. The molecule has 0 spiro atoms. The molecule has 36 heavy (non-hydrogen) atoms. The van der Waals surface area contributed by atoms with Gasteiger partial charge in [-0.1, -0.05) is 49.1 Å². The van der Waals surface area contributed by atoms with Crippen molar-refractivity contribution in [2.75, 3.05) is 17.6 Å². The van der Waals surface area contributed by atoms with Crippen LogP contribution in [0.5, 0.6) is 0 Å². The number of aryl methyl sites for hydroxylation is 2. The van der Waals surface area contributed by atoms with Crippen molar-refractivity contribution in [3.05, 3.63) is 71.3 Å². The van der Waals surface area contributed by atoms with E-state index in [1.165, 1.54) is 4.90 Å². The van der Waals surface area contributed by atoms with Crippen LogP contribution >= 0.6 is 12.6 Å². The Morgan fingerprint density at radius 3 is 2.25 bits per heavy atom. The number of hydrogen-bond acceptors (Lipinski definition) is 5. The highest BCUT2D eigenvalue weighted by Gasteiger charge is 2.35. The zero-order valence-corrected chi connectivity index (χ0v) is 22.8. The van der Waals surface area contributed by atoms with E-state index in [9.17, 15) is 14.4 Å². The second kappa shape index (κ2) is 12.6. The molecule has 0 bridgehead atoms. The number of nitrogens with one attached hydrogen (secondary N) is 2. The number of nitrogens with zero attached hydrogens (tertiary/aromatic N) is 1. The molecule has 0 aromatic heterocycles. The van der Waals surface area contributed by atoms with Gasteiger partial charge in [0.25, 0.3) is 5.91 Å². The Morgan fingerprint density at radius 1 is 1.11 bits per heavy atom. The fraction of sp³-hybridized carbons (Fsp3) is 0.393. The summed E-state index contributed by atoms with van der Waals surface area (Å²) in [5.74, 6) is -0.769. The smallest absolute Gasteiger partial charge is 0.408 e. The Labute approximate surface area is 219 Å². The molecule has 0 saturated carbocycles. The molecule has 0 radical (unpaired) electrons. The average molecular weight is 512 g/mol. The molecule has 7 nitrogen and oxygen atoms in total. The number of carbonyl (C=O) groups excluding carboxylic acids is 3. The first-order chi connectivity index (χ1) is 16.9. The fourth-order valence-electron chi connectivity index (χ4n) is 3.83. The summed E-state index contributed by atoms with van der Waals surface area (Å²) >= 11 is 4.29. The van der Waals surface area contributed by atoms with Crippen molar-refractivity contribution in [2.45, 2.75) is 59.2 Å². The van der Waals surface area contributed by atoms with Gasteiger partial charge in [0.05, 0.1) is 0 Å². The highest BCUT2D eigenvalue weighted by molar-refractivity contribution is 7.80. The van der Waals surface area contributed by atoms with Crippen molar-refractivity contribution >= 4 is 42.3 Å². The van der Waals surface area contributed by atoms with Gasteiger partial charge in [-0.15, -0.1) is 0 Å². The zero-order chi connectivity index (χ0) is 27.0. The zero-order valence-electron chi connectivity index (χ0n) is 21.9. The summed E-state index contributed by atoms with van der Waals surface area (Å²) < 4.78 is 5.32. The monoisotopic (exact) mass is 511 g/mol. The number of alkyl carbamates (subject to hydrolysis) is 1. The first-order valence-electron chi connectivity index (χ1n) is 11.9. The number of ether oxygens (including phenoxy) is 1. The van der Waals surface area contributed by atoms with Crippen LogP contribution in [0, 0.1) is 13.8 Å². The third kappa shape index (κ3) is 7.62. The molecule has 0 saturated heterocycles. The van der Waals surface area contributed by atoms with Gasteiger partial charge in [0, 0.05) is 18.0 Å². The fourth-order valence-corrected chi connectivity index (χ4v) is 4.08. The molecule has 2 aromatic rings. The third-order valence-electron chi connectivity index (χ3n) is 5.55. The van der Waals surface area contributed by atoms with Crippen LogP contribution in [0.2, 0.25) is 0 Å². The van der Waals surface area contributed by atoms with Gasteiger partial charge in [0.1, 0.15) is 17.7 Å². The second-order valence-corrected chi connectivity index (χ2v) is 9.90. The number of rotatable bonds is 9. The summed E-state index contributed by atoms with van der Waals surface area (Å²) in [5.41, 5.74) is 3.25. The molecule has 0 aliphatic heterocycles. The maximum atomic E-state index is 13.8. The van der Waals surface area contributed by atoms with Crippen molar-refractivity contribution in [1.29, 1.82) is 0 Å². The summed E-state index contributed by atoms with van der Waals surface area (Å²) in [6.07, 6.45) is 0.957. The van der Waals surface area contributed by atoms with E-state index in [0.717, 1.165) is 16.7 Å². The molecular formula is C28H37N3O4S. The molecule has 8 heteroatoms. The Hall–Kier alpha value is -3.26. The van der Waals surface area contributed by atoms with Crippen LogP contribution in [-0.2, 0) is 14.3 Å². The average Bonchev–Trinajstić information content (AvgIpc) is 2.81. The number of para-hydroxylation sites is 1. The predicted molar refractivity (Wildman–Crippen MR) is 148 cm³/mol. The standard InChI is InChI=1S/C28H37N3O4S/c1-8-20-14-11-15-21(16-20)24(25(32)30-23-18(3)12-10-13-19(23)4)31(9-2)26(33)22(17-36)29-27(34)35-28(5,6)7/h8,10-16,22,24,36H,1,9,17H2,2-7H3,(H,29,34)(H,30,32). The Morgan fingerprint density at radius 2 is 1.72 bits per heavy atom. The number of likely N-dealkylation sites (N-methyl/N-ethyl adjacent to an activating group) is 1. The molecule has 0 fully saturated rings. The van der Waals surface area contributed by atoms with Crippen molar-refractivity contribution in [3.63, 3.8) is 0 Å². The SMILES string of the molecule is C=Cc1cccc(C(C(=O)Nc2c(C)cccc2C)N(CC)C(=O)C(CS)NC(=O)OC(C)(C)C)c1. The molecule has 194 valence electrons. The molecule has 2 rings (SSSR count). The van der Waals surface area contributed by atoms with Crippen molar-refractivity contribution in [1.82, 2.24) is 10.2 Å². The predicted octanol–water partition coefficient (Wildman–Crippen LogP) is 5.30. The van der Waals surface area contributed by atoms with Gasteiger partial charge in [-0.05, 0) is 69.9 Å². The summed E-state index contributed by atoms with van der Waals surface area (Å²) in [4.78, 5) is 41.3. The van der Waals surface area contributed by atoms with E-state index in [1.54, 1.807) is 39.8 Å². The van der Waals surface area contributed by atoms with Crippen LogP contribution < -0.4 is 10.6 Å². The summed E-state index contributed by atoms with van der Waals surface area (Å²) in [6.45, 7) is 14.9. The molecule has 2 N–H and O–H groups in total. The van der Waals surface area contributed by atoms with Gasteiger partial charge in [0.2, 0.25) is 5.91 Å². The van der Waals surface area contributed by atoms with E-state index in [1.807, 2.05) is 50.2 Å². The van der Waals surface area contributed by atoms with Crippen LogP contribution in [-0.4, -0.2) is 46.7 Å². The van der Waals surface area contributed by atoms with Gasteiger partial charge in [0.15, 0.2) is 0 Å². The van der Waals surface area contributed by atoms with E-state index in [2.05, 4.69) is 29.8 Å². The van der Waals surface area contributed by atoms with E-state index in [0.29, 0.717) is 11.3 Å². The molecular weight excluding hydrogens is 474 g/mol. The highest BCUT2D eigenvalue weighted by atomic mass is 32.1. The quantitative estimate of drug-likeness (QED) is 0.399. The minimum Gasteiger partial charge on any atom is -0.444 e. The molecule has 2 unspecified atom stereocenters. The normalized spacial score (nSPS) is 12.8. The molecule has 0 heterocycles. The molecule has 0 aliphatic rings. The number of hydrogen-bond donors (Lipinski definition) is 3.